The van der Waals surface area contributed by atoms with Gasteiger partial charge in [-0.05, 0) is 51.4 Å². The number of hydrogen-bond donors (Lipinski definition) is 0. The Balaban J connectivity index is 1.22. The summed E-state index contributed by atoms with van der Waals surface area (Å²) in [7, 11) is 0. The first kappa shape index (κ1) is 16.1. The Morgan fingerprint density at radius 3 is 2.52 bits per heavy atom. The number of carbonyl (C=O) groups excluding carboxylic acids is 1. The molecule has 6 heteroatoms. The summed E-state index contributed by atoms with van der Waals surface area (Å²) in [6.45, 7) is 3.17. The molecular weight excluding hydrogens is 334 g/mol. The second-order valence-electron chi connectivity index (χ2n) is 8.04. The van der Waals surface area contributed by atoms with Crippen molar-refractivity contribution in [3.63, 3.8) is 0 Å². The molecule has 0 atom stereocenters. The minimum Gasteiger partial charge on any atom is -0.467 e. The van der Waals surface area contributed by atoms with Crippen molar-refractivity contribution in [3.8, 4) is 5.19 Å². The summed E-state index contributed by atoms with van der Waals surface area (Å²) in [6, 6.07) is 0.843. The predicted octanol–water partition coefficient (Wildman–Crippen LogP) is 3.23. The van der Waals surface area contributed by atoms with Crippen LogP contribution in [-0.4, -0.2) is 47.6 Å². The van der Waals surface area contributed by atoms with Crippen LogP contribution in [0.25, 0.3) is 0 Å². The number of aromatic nitrogens is 1. The van der Waals surface area contributed by atoms with E-state index < -0.39 is 0 Å². The molecule has 0 aromatic carbocycles. The van der Waals surface area contributed by atoms with E-state index in [1.54, 1.807) is 11.3 Å². The lowest BCUT2D eigenvalue weighted by Crippen LogP contribution is -2.46. The van der Waals surface area contributed by atoms with Gasteiger partial charge < -0.3 is 14.5 Å². The van der Waals surface area contributed by atoms with Crippen molar-refractivity contribution in [1.82, 2.24) is 9.88 Å². The molecule has 1 aromatic rings. The van der Waals surface area contributed by atoms with Gasteiger partial charge in [-0.3, -0.25) is 4.79 Å². The third kappa shape index (κ3) is 3.19. The number of amides is 1. The summed E-state index contributed by atoms with van der Waals surface area (Å²) >= 11 is 1.59. The number of ether oxygens (including phenoxy) is 1. The monoisotopic (exact) mass is 361 g/mol. The molecule has 5 rings (SSSR count). The molecule has 3 fully saturated rings. The standard InChI is InChI=1S/C19H27N3O2S/c23-17(13-6-7-13)22-10-2-5-16-18(22)25-19(20-16)24-15-8-11-21(12-9-15)14-3-1-4-14/h13-15H,1-12H2. The fourth-order valence-electron chi connectivity index (χ4n) is 4.27. The fraction of sp³-hybridized carbons (Fsp3) is 0.789. The number of hydrogen-bond acceptors (Lipinski definition) is 5. The molecule has 2 aliphatic carbocycles. The molecule has 0 unspecified atom stereocenters. The minimum atomic E-state index is 0.272. The van der Waals surface area contributed by atoms with E-state index in [1.807, 2.05) is 4.90 Å². The minimum absolute atomic E-state index is 0.272. The van der Waals surface area contributed by atoms with Crippen molar-refractivity contribution in [2.24, 2.45) is 5.92 Å². The van der Waals surface area contributed by atoms with Crippen LogP contribution in [0, 0.1) is 5.92 Å². The van der Waals surface area contributed by atoms with Crippen molar-refractivity contribution < 1.29 is 9.53 Å². The number of anilines is 1. The zero-order valence-corrected chi connectivity index (χ0v) is 15.6. The Kier molecular flexibility index (Phi) is 4.20. The smallest absolute Gasteiger partial charge is 0.275 e. The number of thiazole rings is 1. The van der Waals surface area contributed by atoms with Crippen LogP contribution in [0.4, 0.5) is 5.00 Å². The molecule has 1 amide bonds. The average molecular weight is 362 g/mol. The van der Waals surface area contributed by atoms with Crippen LogP contribution in [0.1, 0.15) is 57.1 Å². The van der Waals surface area contributed by atoms with Crippen molar-refractivity contribution in [1.29, 1.82) is 0 Å². The van der Waals surface area contributed by atoms with Gasteiger partial charge in [-0.15, -0.1) is 0 Å². The lowest BCUT2D eigenvalue weighted by Gasteiger charge is -2.41. The first-order chi connectivity index (χ1) is 12.3. The summed E-state index contributed by atoms with van der Waals surface area (Å²) in [5.74, 6) is 0.582. The van der Waals surface area contributed by atoms with Gasteiger partial charge in [0.2, 0.25) is 5.91 Å². The highest BCUT2D eigenvalue weighted by molar-refractivity contribution is 7.17. The summed E-state index contributed by atoms with van der Waals surface area (Å²) < 4.78 is 6.23. The van der Waals surface area contributed by atoms with Crippen molar-refractivity contribution in [2.45, 2.75) is 69.9 Å². The molecule has 0 spiro atoms. The highest BCUT2D eigenvalue weighted by Crippen LogP contribution is 2.41. The number of carbonyl (C=O) groups is 1. The number of likely N-dealkylation sites (tertiary alicyclic amines) is 1. The van der Waals surface area contributed by atoms with Gasteiger partial charge >= 0.3 is 0 Å². The molecule has 0 N–H and O–H groups in total. The fourth-order valence-corrected chi connectivity index (χ4v) is 5.33. The maximum Gasteiger partial charge on any atom is 0.275 e. The van der Waals surface area contributed by atoms with Crippen LogP contribution in [0.15, 0.2) is 0 Å². The highest BCUT2D eigenvalue weighted by Gasteiger charge is 2.37. The van der Waals surface area contributed by atoms with Gasteiger partial charge in [0.25, 0.3) is 5.19 Å². The second-order valence-corrected chi connectivity index (χ2v) is 8.98. The Morgan fingerprint density at radius 2 is 1.84 bits per heavy atom. The maximum absolute atomic E-state index is 12.5. The molecule has 25 heavy (non-hydrogen) atoms. The normalized spacial score (nSPS) is 25.5. The number of piperidine rings is 1. The van der Waals surface area contributed by atoms with Gasteiger partial charge in [-0.2, -0.15) is 0 Å². The van der Waals surface area contributed by atoms with Crippen LogP contribution in [-0.2, 0) is 11.2 Å². The van der Waals surface area contributed by atoms with Crippen LogP contribution in [0.2, 0.25) is 0 Å². The summed E-state index contributed by atoms with van der Waals surface area (Å²) in [4.78, 5) is 21.9. The number of aryl methyl sites for hydroxylation is 1. The van der Waals surface area contributed by atoms with Crippen LogP contribution in [0.5, 0.6) is 5.19 Å². The molecule has 136 valence electrons. The molecule has 2 saturated carbocycles. The zero-order chi connectivity index (χ0) is 16.8. The molecule has 0 radical (unpaired) electrons. The summed E-state index contributed by atoms with van der Waals surface area (Å²) in [5.41, 5.74) is 1.08. The molecule has 1 saturated heterocycles. The maximum atomic E-state index is 12.5. The Morgan fingerprint density at radius 1 is 1.04 bits per heavy atom. The van der Waals surface area contributed by atoms with E-state index in [1.165, 1.54) is 19.3 Å². The number of nitrogens with zero attached hydrogens (tertiary/aromatic N) is 3. The lowest BCUT2D eigenvalue weighted by molar-refractivity contribution is -0.119. The van der Waals surface area contributed by atoms with Crippen LogP contribution in [0.3, 0.4) is 0 Å². The van der Waals surface area contributed by atoms with Gasteiger partial charge in [0.15, 0.2) is 0 Å². The SMILES string of the molecule is O=C(C1CC1)N1CCCc2nc(OC3CCN(C4CCC4)CC3)sc21. The average Bonchev–Trinajstić information content (AvgIpc) is 3.34. The predicted molar refractivity (Wildman–Crippen MR) is 98.4 cm³/mol. The van der Waals surface area contributed by atoms with E-state index in [2.05, 4.69) is 4.90 Å². The highest BCUT2D eigenvalue weighted by atomic mass is 32.1. The van der Waals surface area contributed by atoms with E-state index in [0.717, 1.165) is 80.1 Å². The summed E-state index contributed by atoms with van der Waals surface area (Å²) in [6.07, 6.45) is 10.8. The van der Waals surface area contributed by atoms with Crippen molar-refractivity contribution in [2.75, 3.05) is 24.5 Å². The van der Waals surface area contributed by atoms with Crippen LogP contribution >= 0.6 is 11.3 Å². The van der Waals surface area contributed by atoms with Gasteiger partial charge in [0.1, 0.15) is 11.1 Å². The van der Waals surface area contributed by atoms with Gasteiger partial charge in [0, 0.05) is 31.6 Å². The Labute approximate surface area is 153 Å². The largest absolute Gasteiger partial charge is 0.467 e. The van der Waals surface area contributed by atoms with E-state index >= 15 is 0 Å². The molecule has 0 bridgehead atoms. The number of rotatable bonds is 4. The molecule has 3 heterocycles. The third-order valence-corrected chi connectivity index (χ3v) is 7.24. The van der Waals surface area contributed by atoms with Crippen molar-refractivity contribution >= 4 is 22.2 Å². The van der Waals surface area contributed by atoms with E-state index in [9.17, 15) is 4.79 Å². The molecule has 1 aromatic heterocycles. The quantitative estimate of drug-likeness (QED) is 0.826. The summed E-state index contributed by atoms with van der Waals surface area (Å²) in [5, 5.41) is 1.84. The molecule has 4 aliphatic rings. The Hall–Kier alpha value is -1.14. The van der Waals surface area contributed by atoms with E-state index in [-0.39, 0.29) is 12.0 Å². The third-order valence-electron chi connectivity index (χ3n) is 6.23. The second kappa shape index (κ2) is 6.54. The lowest BCUT2D eigenvalue weighted by atomic mass is 9.90. The zero-order valence-electron chi connectivity index (χ0n) is 14.8. The Bertz CT molecular complexity index is 645. The molecular formula is C19H27N3O2S. The first-order valence-corrected chi connectivity index (χ1v) is 10.8. The topological polar surface area (TPSA) is 45.7 Å². The van der Waals surface area contributed by atoms with Gasteiger partial charge in [-0.25, -0.2) is 4.98 Å². The van der Waals surface area contributed by atoms with Gasteiger partial charge in [-0.1, -0.05) is 17.8 Å². The number of fused-ring (bicyclic) bond motifs is 1. The molecule has 2 aliphatic heterocycles. The van der Waals surface area contributed by atoms with Crippen LogP contribution < -0.4 is 9.64 Å². The molecule has 5 nitrogen and oxygen atoms in total. The first-order valence-electron chi connectivity index (χ1n) is 10.00. The van der Waals surface area contributed by atoms with Gasteiger partial charge in [0.05, 0.1) is 5.69 Å². The van der Waals surface area contributed by atoms with E-state index in [4.69, 9.17) is 9.72 Å². The van der Waals surface area contributed by atoms with E-state index in [0.29, 0.717) is 5.91 Å². The van der Waals surface area contributed by atoms with Crippen molar-refractivity contribution in [3.05, 3.63) is 5.69 Å².